The SMILES string of the molecule is C#CCNCC(=O)CCc1ccc(OC)cc1. The number of hydrogen-bond acceptors (Lipinski definition) is 3. The standard InChI is InChI=1S/C14H17NO2/c1-3-10-15-11-13(16)7-4-12-5-8-14(17-2)9-6-12/h1,5-6,8-9,15H,4,7,10-11H2,2H3. The number of carbonyl (C=O) groups is 1. The second kappa shape index (κ2) is 7.48. The molecule has 1 aromatic rings. The van der Waals surface area contributed by atoms with Crippen molar-refractivity contribution in [2.45, 2.75) is 12.8 Å². The lowest BCUT2D eigenvalue weighted by Gasteiger charge is -2.03. The second-order valence-electron chi connectivity index (χ2n) is 3.69. The van der Waals surface area contributed by atoms with Crippen molar-refractivity contribution in [1.82, 2.24) is 5.32 Å². The minimum absolute atomic E-state index is 0.177. The molecule has 0 heterocycles. The monoisotopic (exact) mass is 231 g/mol. The Morgan fingerprint density at radius 3 is 2.71 bits per heavy atom. The van der Waals surface area contributed by atoms with Crippen LogP contribution in [0.15, 0.2) is 24.3 Å². The molecule has 0 aliphatic carbocycles. The Kier molecular flexibility index (Phi) is 5.84. The van der Waals surface area contributed by atoms with Crippen molar-refractivity contribution < 1.29 is 9.53 Å². The lowest BCUT2D eigenvalue weighted by Crippen LogP contribution is -2.23. The van der Waals surface area contributed by atoms with Crippen LogP contribution in [0.1, 0.15) is 12.0 Å². The summed E-state index contributed by atoms with van der Waals surface area (Å²) in [5.41, 5.74) is 1.14. The number of ketones is 1. The fourth-order valence-corrected chi connectivity index (χ4v) is 1.44. The quantitative estimate of drug-likeness (QED) is 0.569. The Bertz CT molecular complexity index is 390. The maximum Gasteiger partial charge on any atom is 0.146 e. The zero-order chi connectivity index (χ0) is 12.5. The van der Waals surface area contributed by atoms with Gasteiger partial charge in [-0.25, -0.2) is 0 Å². The van der Waals surface area contributed by atoms with Crippen molar-refractivity contribution in [1.29, 1.82) is 0 Å². The van der Waals surface area contributed by atoms with Gasteiger partial charge in [0, 0.05) is 6.42 Å². The van der Waals surface area contributed by atoms with Gasteiger partial charge in [0.05, 0.1) is 20.2 Å². The van der Waals surface area contributed by atoms with Crippen LogP contribution in [0.25, 0.3) is 0 Å². The predicted molar refractivity (Wildman–Crippen MR) is 68.0 cm³/mol. The largest absolute Gasteiger partial charge is 0.497 e. The number of aryl methyl sites for hydroxylation is 1. The first-order chi connectivity index (χ1) is 8.26. The maximum absolute atomic E-state index is 11.5. The summed E-state index contributed by atoms with van der Waals surface area (Å²) in [4.78, 5) is 11.5. The van der Waals surface area contributed by atoms with Gasteiger partial charge in [-0.05, 0) is 24.1 Å². The molecule has 0 aromatic heterocycles. The molecule has 0 amide bonds. The van der Waals surface area contributed by atoms with Crippen LogP contribution < -0.4 is 10.1 Å². The van der Waals surface area contributed by atoms with Crippen LogP contribution in [0.2, 0.25) is 0 Å². The second-order valence-corrected chi connectivity index (χ2v) is 3.69. The zero-order valence-corrected chi connectivity index (χ0v) is 10.0. The Hall–Kier alpha value is -1.79. The highest BCUT2D eigenvalue weighted by molar-refractivity contribution is 5.80. The van der Waals surface area contributed by atoms with E-state index in [0.29, 0.717) is 19.5 Å². The summed E-state index contributed by atoms with van der Waals surface area (Å²) in [5, 5.41) is 2.88. The summed E-state index contributed by atoms with van der Waals surface area (Å²) < 4.78 is 5.06. The molecule has 17 heavy (non-hydrogen) atoms. The topological polar surface area (TPSA) is 38.3 Å². The molecule has 0 unspecified atom stereocenters. The van der Waals surface area contributed by atoms with Gasteiger partial charge in [0.2, 0.25) is 0 Å². The van der Waals surface area contributed by atoms with Gasteiger partial charge in [-0.2, -0.15) is 0 Å². The molecule has 0 bridgehead atoms. The van der Waals surface area contributed by atoms with Gasteiger partial charge in [0.15, 0.2) is 0 Å². The number of terminal acetylenes is 1. The molecule has 1 N–H and O–H groups in total. The average molecular weight is 231 g/mol. The molecular formula is C14H17NO2. The third-order valence-corrected chi connectivity index (χ3v) is 2.40. The van der Waals surface area contributed by atoms with Crippen LogP contribution in [-0.4, -0.2) is 26.0 Å². The van der Waals surface area contributed by atoms with E-state index in [1.54, 1.807) is 7.11 Å². The van der Waals surface area contributed by atoms with Gasteiger partial charge in [0.25, 0.3) is 0 Å². The van der Waals surface area contributed by atoms with E-state index in [1.165, 1.54) is 0 Å². The zero-order valence-electron chi connectivity index (χ0n) is 10.0. The van der Waals surface area contributed by atoms with Crippen LogP contribution in [0.5, 0.6) is 5.75 Å². The van der Waals surface area contributed by atoms with Gasteiger partial charge in [-0.3, -0.25) is 10.1 Å². The molecule has 0 radical (unpaired) electrons. The van der Waals surface area contributed by atoms with Gasteiger partial charge in [0.1, 0.15) is 11.5 Å². The van der Waals surface area contributed by atoms with Crippen LogP contribution >= 0.6 is 0 Å². The number of ether oxygens (including phenoxy) is 1. The normalized spacial score (nSPS) is 9.65. The summed E-state index contributed by atoms with van der Waals surface area (Å²) in [6.45, 7) is 0.786. The number of benzene rings is 1. The number of methoxy groups -OCH3 is 1. The first kappa shape index (κ1) is 13.3. The van der Waals surface area contributed by atoms with E-state index in [9.17, 15) is 4.79 Å². The molecule has 0 atom stereocenters. The minimum atomic E-state index is 0.177. The van der Waals surface area contributed by atoms with Crippen molar-refractivity contribution in [3.63, 3.8) is 0 Å². The van der Waals surface area contributed by atoms with E-state index in [1.807, 2.05) is 24.3 Å². The first-order valence-electron chi connectivity index (χ1n) is 5.55. The molecule has 1 rings (SSSR count). The summed E-state index contributed by atoms with van der Waals surface area (Å²) in [7, 11) is 1.63. The smallest absolute Gasteiger partial charge is 0.146 e. The van der Waals surface area contributed by atoms with E-state index in [4.69, 9.17) is 11.2 Å². The highest BCUT2D eigenvalue weighted by atomic mass is 16.5. The van der Waals surface area contributed by atoms with Crippen molar-refractivity contribution in [3.05, 3.63) is 29.8 Å². The Morgan fingerprint density at radius 1 is 1.41 bits per heavy atom. The Labute approximate surface area is 102 Å². The van der Waals surface area contributed by atoms with Gasteiger partial charge < -0.3 is 4.74 Å². The van der Waals surface area contributed by atoms with Crippen molar-refractivity contribution >= 4 is 5.78 Å². The fourth-order valence-electron chi connectivity index (χ4n) is 1.44. The maximum atomic E-state index is 11.5. The molecule has 0 aliphatic heterocycles. The van der Waals surface area contributed by atoms with Gasteiger partial charge in [-0.15, -0.1) is 6.42 Å². The lowest BCUT2D eigenvalue weighted by molar-refractivity contribution is -0.118. The van der Waals surface area contributed by atoms with Gasteiger partial charge in [-0.1, -0.05) is 18.1 Å². The molecular weight excluding hydrogens is 214 g/mol. The molecule has 3 nitrogen and oxygen atoms in total. The van der Waals surface area contributed by atoms with E-state index in [2.05, 4.69) is 11.2 Å². The predicted octanol–water partition coefficient (Wildman–Crippen LogP) is 1.42. The molecule has 0 spiro atoms. The molecule has 0 fully saturated rings. The number of carbonyl (C=O) groups excluding carboxylic acids is 1. The van der Waals surface area contributed by atoms with Crippen LogP contribution in [0, 0.1) is 12.3 Å². The summed E-state index contributed by atoms with van der Waals surface area (Å²) in [6, 6.07) is 7.74. The van der Waals surface area contributed by atoms with E-state index in [-0.39, 0.29) is 5.78 Å². The first-order valence-corrected chi connectivity index (χ1v) is 5.55. The highest BCUT2D eigenvalue weighted by Gasteiger charge is 2.02. The van der Waals surface area contributed by atoms with Crippen molar-refractivity contribution in [3.8, 4) is 18.1 Å². The summed E-state index contributed by atoms with van der Waals surface area (Å²) in [6.07, 6.45) is 6.35. The third-order valence-electron chi connectivity index (χ3n) is 2.40. The number of Topliss-reactive ketones (excluding diaryl/α,β-unsaturated/α-hetero) is 1. The van der Waals surface area contributed by atoms with Crippen molar-refractivity contribution in [2.75, 3.05) is 20.2 Å². The average Bonchev–Trinajstić information content (AvgIpc) is 2.37. The molecule has 1 aromatic carbocycles. The molecule has 90 valence electrons. The molecule has 0 aliphatic rings. The number of hydrogen-bond donors (Lipinski definition) is 1. The number of nitrogens with one attached hydrogen (secondary N) is 1. The Morgan fingerprint density at radius 2 is 2.12 bits per heavy atom. The van der Waals surface area contributed by atoms with Crippen LogP contribution in [0.4, 0.5) is 0 Å². The third kappa shape index (κ3) is 5.19. The molecule has 0 saturated heterocycles. The fraction of sp³-hybridized carbons (Fsp3) is 0.357. The summed E-state index contributed by atoms with van der Waals surface area (Å²) in [5.74, 6) is 3.44. The molecule has 3 heteroatoms. The lowest BCUT2D eigenvalue weighted by atomic mass is 10.1. The van der Waals surface area contributed by atoms with Gasteiger partial charge >= 0.3 is 0 Å². The van der Waals surface area contributed by atoms with E-state index >= 15 is 0 Å². The molecule has 0 saturated carbocycles. The van der Waals surface area contributed by atoms with E-state index in [0.717, 1.165) is 17.7 Å². The van der Waals surface area contributed by atoms with Crippen molar-refractivity contribution in [2.24, 2.45) is 0 Å². The Balaban J connectivity index is 2.29. The number of rotatable bonds is 7. The highest BCUT2D eigenvalue weighted by Crippen LogP contribution is 2.12. The summed E-state index contributed by atoms with van der Waals surface area (Å²) >= 11 is 0. The minimum Gasteiger partial charge on any atom is -0.497 e. The van der Waals surface area contributed by atoms with Crippen LogP contribution in [-0.2, 0) is 11.2 Å². The van der Waals surface area contributed by atoms with Crippen LogP contribution in [0.3, 0.4) is 0 Å². The van der Waals surface area contributed by atoms with E-state index < -0.39 is 0 Å².